The van der Waals surface area contributed by atoms with Gasteiger partial charge in [-0.1, -0.05) is 54.6 Å². The molecule has 2 aromatic carbocycles. The Morgan fingerprint density at radius 2 is 1.54 bits per heavy atom. The number of alkyl halides is 3. The number of benzene rings is 2. The molecule has 0 radical (unpaired) electrons. The molecule has 7 heteroatoms. The summed E-state index contributed by atoms with van der Waals surface area (Å²) in [6.07, 6.45) is -3.93. The van der Waals surface area contributed by atoms with Crippen LogP contribution in [-0.4, -0.2) is 26.8 Å². The summed E-state index contributed by atoms with van der Waals surface area (Å²) in [5.41, 5.74) is 2.17. The average Bonchev–Trinajstić information content (AvgIpc) is 2.96. The minimum Gasteiger partial charge on any atom is -0.480 e. The Bertz CT molecular complexity index is 916. The van der Waals surface area contributed by atoms with E-state index in [0.29, 0.717) is 5.56 Å². The molecule has 1 heterocycles. The lowest BCUT2D eigenvalue weighted by molar-refractivity contribution is -0.177. The lowest BCUT2D eigenvalue weighted by atomic mass is 10.0. The van der Waals surface area contributed by atoms with E-state index in [1.54, 1.807) is 12.1 Å². The first-order chi connectivity index (χ1) is 12.3. The quantitative estimate of drug-likeness (QED) is 0.746. The zero-order chi connectivity index (χ0) is 18.9. The number of aliphatic carboxylic acids is 1. The van der Waals surface area contributed by atoms with Crippen molar-refractivity contribution < 1.29 is 23.1 Å². The first kappa shape index (κ1) is 17.7. The van der Waals surface area contributed by atoms with Crippen molar-refractivity contribution in [1.82, 2.24) is 9.55 Å². The van der Waals surface area contributed by atoms with Gasteiger partial charge in [0.2, 0.25) is 0 Å². The summed E-state index contributed by atoms with van der Waals surface area (Å²) in [6.45, 7) is 0. The molecule has 0 saturated carbocycles. The Hall–Kier alpha value is -3.09. The average molecular weight is 360 g/mol. The molecule has 1 atom stereocenters. The lowest BCUT2D eigenvalue weighted by Gasteiger charge is -2.17. The summed E-state index contributed by atoms with van der Waals surface area (Å²) in [5, 5.41) is 8.97. The first-order valence-electron chi connectivity index (χ1n) is 7.76. The van der Waals surface area contributed by atoms with E-state index >= 15 is 0 Å². The monoisotopic (exact) mass is 360 g/mol. The molecule has 134 valence electrons. The predicted molar refractivity (Wildman–Crippen MR) is 90.5 cm³/mol. The largest absolute Gasteiger partial charge is 0.480 e. The maximum absolute atomic E-state index is 13.1. The van der Waals surface area contributed by atoms with Gasteiger partial charge in [-0.2, -0.15) is 13.2 Å². The van der Waals surface area contributed by atoms with Gasteiger partial charge in [0.25, 0.3) is 0 Å². The van der Waals surface area contributed by atoms with Crippen molar-refractivity contribution in [3.05, 3.63) is 66.5 Å². The van der Waals surface area contributed by atoms with Gasteiger partial charge in [-0.25, -0.2) is 4.98 Å². The van der Waals surface area contributed by atoms with E-state index in [1.807, 2.05) is 42.5 Å². The summed E-state index contributed by atoms with van der Waals surface area (Å²) in [5.74, 6) is -4.29. The van der Waals surface area contributed by atoms with Crippen molar-refractivity contribution >= 4 is 5.97 Å². The number of halogens is 3. The second-order valence-corrected chi connectivity index (χ2v) is 5.82. The SMILES string of the molecule is Cn1c(C(C(=O)O)C(F)(F)F)cnc1-c1ccc(-c2ccccc2)cc1. The topological polar surface area (TPSA) is 55.1 Å². The molecule has 0 fully saturated rings. The summed E-state index contributed by atoms with van der Waals surface area (Å²) in [7, 11) is 1.38. The normalized spacial score (nSPS) is 12.8. The Morgan fingerprint density at radius 3 is 2.08 bits per heavy atom. The van der Waals surface area contributed by atoms with Gasteiger partial charge in [0.15, 0.2) is 5.92 Å². The van der Waals surface area contributed by atoms with Crippen molar-refractivity contribution in [2.75, 3.05) is 0 Å². The highest BCUT2D eigenvalue weighted by molar-refractivity contribution is 5.77. The molecule has 26 heavy (non-hydrogen) atoms. The lowest BCUT2D eigenvalue weighted by Crippen LogP contribution is -2.30. The number of aromatic nitrogens is 2. The number of hydrogen-bond donors (Lipinski definition) is 1. The molecule has 0 aliphatic carbocycles. The van der Waals surface area contributed by atoms with Crippen molar-refractivity contribution in [1.29, 1.82) is 0 Å². The van der Waals surface area contributed by atoms with Crippen molar-refractivity contribution in [2.45, 2.75) is 12.1 Å². The van der Waals surface area contributed by atoms with Crippen molar-refractivity contribution in [2.24, 2.45) is 7.05 Å². The third-order valence-corrected chi connectivity index (χ3v) is 4.14. The molecule has 0 saturated heterocycles. The van der Waals surface area contributed by atoms with Gasteiger partial charge in [0, 0.05) is 12.6 Å². The second-order valence-electron chi connectivity index (χ2n) is 5.82. The highest BCUT2D eigenvalue weighted by Crippen LogP contribution is 2.36. The Labute approximate surface area is 147 Å². The Kier molecular flexibility index (Phi) is 4.54. The van der Waals surface area contributed by atoms with Gasteiger partial charge in [0.05, 0.1) is 11.9 Å². The van der Waals surface area contributed by atoms with Crippen LogP contribution in [0.4, 0.5) is 13.2 Å². The highest BCUT2D eigenvalue weighted by Gasteiger charge is 2.48. The molecule has 4 nitrogen and oxygen atoms in total. The fraction of sp³-hybridized carbons (Fsp3) is 0.158. The van der Waals surface area contributed by atoms with E-state index in [2.05, 4.69) is 4.98 Å². The van der Waals surface area contributed by atoms with Crippen LogP contribution in [-0.2, 0) is 11.8 Å². The van der Waals surface area contributed by atoms with Crippen molar-refractivity contribution in [3.8, 4) is 22.5 Å². The standard InChI is InChI=1S/C19H15F3N2O2/c1-24-15(16(18(25)26)19(20,21)22)11-23-17(24)14-9-7-13(8-10-14)12-5-3-2-4-6-12/h2-11,16H,1H3,(H,25,26). The van der Waals surface area contributed by atoms with Gasteiger partial charge < -0.3 is 9.67 Å². The van der Waals surface area contributed by atoms with E-state index < -0.39 is 23.8 Å². The predicted octanol–water partition coefficient (Wildman–Crippen LogP) is 4.48. The second kappa shape index (κ2) is 6.67. The fourth-order valence-electron chi connectivity index (χ4n) is 2.84. The number of imidazole rings is 1. The molecule has 0 spiro atoms. The molecular weight excluding hydrogens is 345 g/mol. The van der Waals surface area contributed by atoms with E-state index in [9.17, 15) is 18.0 Å². The third-order valence-electron chi connectivity index (χ3n) is 4.14. The van der Waals surface area contributed by atoms with Crippen LogP contribution in [0.2, 0.25) is 0 Å². The molecule has 3 rings (SSSR count). The molecule has 3 aromatic rings. The van der Waals surface area contributed by atoms with E-state index in [4.69, 9.17) is 5.11 Å². The zero-order valence-corrected chi connectivity index (χ0v) is 13.7. The van der Waals surface area contributed by atoms with Crippen LogP contribution in [0.1, 0.15) is 11.6 Å². The molecule has 0 aliphatic heterocycles. The molecule has 0 amide bonds. The van der Waals surface area contributed by atoms with Gasteiger partial charge in [0.1, 0.15) is 5.82 Å². The van der Waals surface area contributed by atoms with E-state index in [0.717, 1.165) is 17.3 Å². The minimum atomic E-state index is -4.89. The van der Waals surface area contributed by atoms with Gasteiger partial charge >= 0.3 is 12.1 Å². The Morgan fingerprint density at radius 1 is 1.00 bits per heavy atom. The molecule has 0 aliphatic rings. The van der Waals surface area contributed by atoms with Gasteiger partial charge in [-0.3, -0.25) is 4.79 Å². The third kappa shape index (κ3) is 3.33. The number of rotatable bonds is 4. The molecule has 1 aromatic heterocycles. The number of carbonyl (C=O) groups is 1. The van der Waals surface area contributed by atoms with Crippen LogP contribution in [0.3, 0.4) is 0 Å². The summed E-state index contributed by atoms with van der Waals surface area (Å²) < 4.78 is 40.4. The van der Waals surface area contributed by atoms with Crippen molar-refractivity contribution in [3.63, 3.8) is 0 Å². The number of carboxylic acids is 1. The smallest absolute Gasteiger partial charge is 0.407 e. The number of nitrogens with zero attached hydrogens (tertiary/aromatic N) is 2. The minimum absolute atomic E-state index is 0.273. The van der Waals surface area contributed by atoms with Crippen LogP contribution in [0.25, 0.3) is 22.5 Å². The molecule has 1 unspecified atom stereocenters. The van der Waals surface area contributed by atoms with Crippen LogP contribution in [0.5, 0.6) is 0 Å². The van der Waals surface area contributed by atoms with Gasteiger partial charge in [-0.05, 0) is 11.1 Å². The summed E-state index contributed by atoms with van der Waals surface area (Å²) in [4.78, 5) is 15.1. The fourth-order valence-corrected chi connectivity index (χ4v) is 2.84. The van der Waals surface area contributed by atoms with Crippen LogP contribution in [0, 0.1) is 0 Å². The first-order valence-corrected chi connectivity index (χ1v) is 7.76. The van der Waals surface area contributed by atoms with Gasteiger partial charge in [-0.15, -0.1) is 0 Å². The van der Waals surface area contributed by atoms with E-state index in [-0.39, 0.29) is 5.82 Å². The molecular formula is C19H15F3N2O2. The maximum atomic E-state index is 13.1. The van der Waals surface area contributed by atoms with Crippen LogP contribution in [0.15, 0.2) is 60.8 Å². The number of hydrogen-bond acceptors (Lipinski definition) is 2. The summed E-state index contributed by atoms with van der Waals surface area (Å²) in [6, 6.07) is 16.8. The highest BCUT2D eigenvalue weighted by atomic mass is 19.4. The van der Waals surface area contributed by atoms with Crippen LogP contribution < -0.4 is 0 Å². The molecule has 0 bridgehead atoms. The van der Waals surface area contributed by atoms with E-state index in [1.165, 1.54) is 11.6 Å². The maximum Gasteiger partial charge on any atom is 0.407 e. The molecule has 1 N–H and O–H groups in total. The zero-order valence-electron chi connectivity index (χ0n) is 13.7. The Balaban J connectivity index is 1.96. The summed E-state index contributed by atoms with van der Waals surface area (Å²) >= 11 is 0. The number of carboxylic acid groups (broad SMARTS) is 1. The van der Waals surface area contributed by atoms with Crippen LogP contribution >= 0.6 is 0 Å².